The Hall–Kier alpha value is -0.810. The van der Waals surface area contributed by atoms with Gasteiger partial charge in [0.1, 0.15) is 0 Å². The lowest BCUT2D eigenvalue weighted by molar-refractivity contribution is 0.162. The van der Waals surface area contributed by atoms with Gasteiger partial charge in [0.2, 0.25) is 0 Å². The molecule has 0 heterocycles. The lowest BCUT2D eigenvalue weighted by atomic mass is 10.2. The number of aliphatic hydroxyl groups is 1. The third-order valence-corrected chi connectivity index (χ3v) is 1.35. The van der Waals surface area contributed by atoms with E-state index in [0.29, 0.717) is 0 Å². The third kappa shape index (κ3) is 4.58. The lowest BCUT2D eigenvalue weighted by Gasteiger charge is -2.14. The second kappa shape index (κ2) is 4.92. The Kier molecular flexibility index (Phi) is 4.56. The Morgan fingerprint density at radius 2 is 2.27 bits per heavy atom. The van der Waals surface area contributed by atoms with E-state index in [1.54, 1.807) is 6.92 Å². The van der Waals surface area contributed by atoms with Crippen LogP contribution >= 0.6 is 0 Å². The molecule has 2 atom stereocenters. The maximum atomic E-state index is 10.6. The summed E-state index contributed by atoms with van der Waals surface area (Å²) in [5, 5.41) is 13.8. The number of carbonyl (C=O) groups is 1. The van der Waals surface area contributed by atoms with Crippen LogP contribution in [-0.4, -0.2) is 36.9 Å². The molecule has 5 nitrogen and oxygen atoms in total. The van der Waals surface area contributed by atoms with Gasteiger partial charge in [-0.2, -0.15) is 0 Å². The van der Waals surface area contributed by atoms with Gasteiger partial charge in [-0.05, 0) is 6.92 Å². The molecule has 0 spiro atoms. The van der Waals surface area contributed by atoms with Gasteiger partial charge in [0.05, 0.1) is 6.10 Å². The third-order valence-electron chi connectivity index (χ3n) is 1.35. The average molecular weight is 161 g/mol. The normalized spacial score (nSPS) is 15.3. The Morgan fingerprint density at radius 1 is 1.73 bits per heavy atom. The van der Waals surface area contributed by atoms with Crippen molar-refractivity contribution in [2.45, 2.75) is 19.1 Å². The van der Waals surface area contributed by atoms with Crippen LogP contribution in [0.5, 0.6) is 0 Å². The van der Waals surface area contributed by atoms with E-state index in [0.717, 1.165) is 0 Å². The molecule has 0 radical (unpaired) electrons. The minimum Gasteiger partial charge on any atom is -0.392 e. The fourth-order valence-corrected chi connectivity index (χ4v) is 0.469. The first-order valence-corrected chi connectivity index (χ1v) is 3.47. The first kappa shape index (κ1) is 10.2. The average Bonchev–Trinajstić information content (AvgIpc) is 1.99. The Morgan fingerprint density at radius 3 is 2.64 bits per heavy atom. The van der Waals surface area contributed by atoms with E-state index >= 15 is 0 Å². The highest BCUT2D eigenvalue weighted by atomic mass is 16.3. The second-order valence-electron chi connectivity index (χ2n) is 2.36. The standard InChI is InChI=1S/C6H15N3O2/c1-4(10)5(7)3-9-6(11)8-2/h4-5,10H,3,7H2,1-2H3,(H2,8,9,11). The molecule has 11 heavy (non-hydrogen) atoms. The molecular weight excluding hydrogens is 146 g/mol. The molecule has 66 valence electrons. The van der Waals surface area contributed by atoms with Crippen molar-refractivity contribution in [2.24, 2.45) is 5.73 Å². The van der Waals surface area contributed by atoms with Crippen molar-refractivity contribution >= 4 is 6.03 Å². The van der Waals surface area contributed by atoms with Gasteiger partial charge >= 0.3 is 6.03 Å². The predicted octanol–water partition coefficient (Wildman–Crippen LogP) is -1.38. The molecule has 5 N–H and O–H groups in total. The van der Waals surface area contributed by atoms with Gasteiger partial charge in [-0.1, -0.05) is 0 Å². The van der Waals surface area contributed by atoms with E-state index in [4.69, 9.17) is 10.8 Å². The van der Waals surface area contributed by atoms with Gasteiger partial charge < -0.3 is 21.5 Å². The number of rotatable bonds is 3. The van der Waals surface area contributed by atoms with Crippen LogP contribution in [0.2, 0.25) is 0 Å². The number of aliphatic hydroxyl groups excluding tert-OH is 1. The zero-order chi connectivity index (χ0) is 8.85. The van der Waals surface area contributed by atoms with E-state index < -0.39 is 12.1 Å². The summed E-state index contributed by atoms with van der Waals surface area (Å²) in [6.45, 7) is 1.85. The monoisotopic (exact) mass is 161 g/mol. The molecule has 0 rings (SSSR count). The second-order valence-corrected chi connectivity index (χ2v) is 2.36. The first-order chi connectivity index (χ1) is 5.07. The molecule has 0 fully saturated rings. The van der Waals surface area contributed by atoms with Crippen LogP contribution in [0.15, 0.2) is 0 Å². The summed E-state index contributed by atoms with van der Waals surface area (Å²) in [6.07, 6.45) is -0.604. The fourth-order valence-electron chi connectivity index (χ4n) is 0.469. The van der Waals surface area contributed by atoms with Gasteiger partial charge in [-0.25, -0.2) is 4.79 Å². The minimum absolute atomic E-state index is 0.275. The minimum atomic E-state index is -0.604. The number of hydrogen-bond acceptors (Lipinski definition) is 3. The Labute approximate surface area is 66.0 Å². The molecule has 0 aromatic carbocycles. The van der Waals surface area contributed by atoms with Crippen molar-refractivity contribution in [1.29, 1.82) is 0 Å². The summed E-state index contributed by atoms with van der Waals surface area (Å²) in [5.41, 5.74) is 5.43. The quantitative estimate of drug-likeness (QED) is 0.411. The van der Waals surface area contributed by atoms with Crippen LogP contribution in [-0.2, 0) is 0 Å². The number of carbonyl (C=O) groups excluding carboxylic acids is 1. The van der Waals surface area contributed by atoms with Gasteiger partial charge in [0.15, 0.2) is 0 Å². The number of amides is 2. The largest absolute Gasteiger partial charge is 0.392 e. The van der Waals surface area contributed by atoms with Crippen molar-refractivity contribution in [3.8, 4) is 0 Å². The van der Waals surface area contributed by atoms with Gasteiger partial charge in [0.25, 0.3) is 0 Å². The van der Waals surface area contributed by atoms with E-state index in [9.17, 15) is 4.79 Å². The van der Waals surface area contributed by atoms with Crippen LogP contribution in [0.25, 0.3) is 0 Å². The highest BCUT2D eigenvalue weighted by Crippen LogP contribution is 1.84. The molecule has 0 aromatic rings. The molecular formula is C6H15N3O2. The van der Waals surface area contributed by atoms with Crippen molar-refractivity contribution in [2.75, 3.05) is 13.6 Å². The fraction of sp³-hybridized carbons (Fsp3) is 0.833. The van der Waals surface area contributed by atoms with Crippen LogP contribution in [0.4, 0.5) is 4.79 Å². The topological polar surface area (TPSA) is 87.4 Å². The van der Waals surface area contributed by atoms with Crippen molar-refractivity contribution in [1.82, 2.24) is 10.6 Å². The summed E-state index contributed by atoms with van der Waals surface area (Å²) < 4.78 is 0. The molecule has 0 bridgehead atoms. The van der Waals surface area contributed by atoms with Crippen LogP contribution in [0.1, 0.15) is 6.92 Å². The molecule has 0 saturated heterocycles. The summed E-state index contributed by atoms with van der Waals surface area (Å²) in [7, 11) is 1.52. The molecule has 2 amide bonds. The smallest absolute Gasteiger partial charge is 0.314 e. The maximum Gasteiger partial charge on any atom is 0.314 e. The summed E-state index contributed by atoms with van der Waals surface area (Å²) in [4.78, 5) is 10.6. The Balaban J connectivity index is 3.45. The lowest BCUT2D eigenvalue weighted by Crippen LogP contribution is -2.45. The summed E-state index contributed by atoms with van der Waals surface area (Å²) in [5.74, 6) is 0. The van der Waals surface area contributed by atoms with Crippen LogP contribution in [0.3, 0.4) is 0 Å². The number of hydrogen-bond donors (Lipinski definition) is 4. The molecule has 0 aliphatic rings. The van der Waals surface area contributed by atoms with E-state index in [1.165, 1.54) is 7.05 Å². The van der Waals surface area contributed by atoms with Crippen LogP contribution in [0, 0.1) is 0 Å². The molecule has 0 aromatic heterocycles. The first-order valence-electron chi connectivity index (χ1n) is 3.47. The van der Waals surface area contributed by atoms with Crippen molar-refractivity contribution in [3.63, 3.8) is 0 Å². The van der Waals surface area contributed by atoms with Crippen LogP contribution < -0.4 is 16.4 Å². The molecule has 5 heteroatoms. The number of urea groups is 1. The number of nitrogens with two attached hydrogens (primary N) is 1. The number of nitrogens with one attached hydrogen (secondary N) is 2. The zero-order valence-corrected chi connectivity index (χ0v) is 6.79. The van der Waals surface area contributed by atoms with E-state index in [2.05, 4.69) is 10.6 Å². The zero-order valence-electron chi connectivity index (χ0n) is 6.79. The molecule has 0 aliphatic heterocycles. The highest BCUT2D eigenvalue weighted by Gasteiger charge is 2.09. The van der Waals surface area contributed by atoms with E-state index in [-0.39, 0.29) is 12.6 Å². The van der Waals surface area contributed by atoms with Crippen molar-refractivity contribution in [3.05, 3.63) is 0 Å². The molecule has 0 saturated carbocycles. The van der Waals surface area contributed by atoms with Gasteiger partial charge in [-0.15, -0.1) is 0 Å². The molecule has 2 unspecified atom stereocenters. The molecule has 0 aliphatic carbocycles. The summed E-state index contributed by atoms with van der Waals surface area (Å²) >= 11 is 0. The van der Waals surface area contributed by atoms with Crippen molar-refractivity contribution < 1.29 is 9.90 Å². The highest BCUT2D eigenvalue weighted by molar-refractivity contribution is 5.73. The predicted molar refractivity (Wildman–Crippen MR) is 42.1 cm³/mol. The maximum absolute atomic E-state index is 10.6. The van der Waals surface area contributed by atoms with Gasteiger partial charge in [0, 0.05) is 19.6 Å². The Bertz CT molecular complexity index is 127. The SMILES string of the molecule is CNC(=O)NCC(N)C(C)O. The summed E-state index contributed by atoms with van der Waals surface area (Å²) in [6, 6.07) is -0.701. The van der Waals surface area contributed by atoms with Gasteiger partial charge in [-0.3, -0.25) is 0 Å². The van der Waals surface area contributed by atoms with E-state index in [1.807, 2.05) is 0 Å².